The normalized spacial score (nSPS) is 15.1. The molecule has 0 aromatic heterocycles. The lowest BCUT2D eigenvalue weighted by molar-refractivity contribution is -0.123. The van der Waals surface area contributed by atoms with Crippen LogP contribution in [0, 0.1) is 6.92 Å². The number of rotatable bonds is 9. The lowest BCUT2D eigenvalue weighted by Crippen LogP contribution is -2.30. The molecule has 0 aliphatic carbocycles. The Bertz CT molecular complexity index is 1390. The lowest BCUT2D eigenvalue weighted by atomic mass is 10.1. The number of hydrogen-bond acceptors (Lipinski definition) is 6. The molecule has 3 aromatic carbocycles. The number of ether oxygens (including phenoxy) is 2. The summed E-state index contributed by atoms with van der Waals surface area (Å²) in [5.74, 6) is 0.439. The highest BCUT2D eigenvalue weighted by Crippen LogP contribution is 2.39. The lowest BCUT2D eigenvalue weighted by Gasteiger charge is -2.23. The Morgan fingerprint density at radius 3 is 2.61 bits per heavy atom. The molecule has 0 saturated carbocycles. The summed E-state index contributed by atoms with van der Waals surface area (Å²) in [4.78, 5) is 27.9. The van der Waals surface area contributed by atoms with Gasteiger partial charge in [-0.1, -0.05) is 78.0 Å². The van der Waals surface area contributed by atoms with Crippen molar-refractivity contribution in [3.05, 3.63) is 93.3 Å². The van der Waals surface area contributed by atoms with Crippen LogP contribution in [0.25, 0.3) is 6.08 Å². The number of nitrogens with zero attached hydrogens (tertiary/aromatic N) is 1. The van der Waals surface area contributed by atoms with Crippen LogP contribution in [-0.4, -0.2) is 34.2 Å². The molecule has 3 aromatic rings. The standard InChI is InChI=1S/C29H27ClN2O4S2/c1-4-35-25-15-20(13-14-24(25)36-17-27(33)31-23-12-8-11-22(30)18(23)2)16-26-28(34)32(29(37)38-26)19(3)21-9-6-5-7-10-21/h5-16,19H,4,17H2,1-3H3,(H,31,33)/b26-16-/t19-/m1/s1. The second kappa shape index (κ2) is 12.5. The fraction of sp³-hybridized carbons (Fsp3) is 0.207. The minimum Gasteiger partial charge on any atom is -0.490 e. The van der Waals surface area contributed by atoms with Gasteiger partial charge in [0.05, 0.1) is 17.6 Å². The molecular formula is C29H27ClN2O4S2. The van der Waals surface area contributed by atoms with E-state index in [0.717, 1.165) is 16.7 Å². The van der Waals surface area contributed by atoms with Gasteiger partial charge >= 0.3 is 0 Å². The Kier molecular flexibility index (Phi) is 9.09. The first-order valence-corrected chi connectivity index (χ1v) is 13.7. The zero-order chi connectivity index (χ0) is 27.2. The molecule has 6 nitrogen and oxygen atoms in total. The van der Waals surface area contributed by atoms with Crippen LogP contribution in [0.1, 0.15) is 36.6 Å². The van der Waals surface area contributed by atoms with E-state index >= 15 is 0 Å². The first kappa shape index (κ1) is 27.7. The first-order valence-electron chi connectivity index (χ1n) is 12.0. The van der Waals surface area contributed by atoms with Crippen molar-refractivity contribution in [3.63, 3.8) is 0 Å². The molecule has 1 aliphatic heterocycles. The SMILES string of the molecule is CCOc1cc(/C=C2\SC(=S)N([C@H](C)c3ccccc3)C2=O)ccc1OCC(=O)Nc1cccc(Cl)c1C. The van der Waals surface area contributed by atoms with Crippen LogP contribution >= 0.6 is 35.6 Å². The van der Waals surface area contributed by atoms with Gasteiger partial charge in [-0.25, -0.2) is 0 Å². The van der Waals surface area contributed by atoms with E-state index < -0.39 is 0 Å². The average Bonchev–Trinajstić information content (AvgIpc) is 3.18. The maximum Gasteiger partial charge on any atom is 0.266 e. The predicted molar refractivity (Wildman–Crippen MR) is 158 cm³/mol. The molecule has 1 fully saturated rings. The smallest absolute Gasteiger partial charge is 0.266 e. The van der Waals surface area contributed by atoms with Crippen molar-refractivity contribution in [1.29, 1.82) is 0 Å². The van der Waals surface area contributed by atoms with E-state index in [2.05, 4.69) is 5.32 Å². The van der Waals surface area contributed by atoms with Crippen molar-refractivity contribution in [3.8, 4) is 11.5 Å². The van der Waals surface area contributed by atoms with Gasteiger partial charge in [-0.15, -0.1) is 0 Å². The third kappa shape index (κ3) is 6.38. The van der Waals surface area contributed by atoms with Gasteiger partial charge in [0.1, 0.15) is 4.32 Å². The molecule has 0 radical (unpaired) electrons. The van der Waals surface area contributed by atoms with E-state index in [0.29, 0.717) is 38.0 Å². The highest BCUT2D eigenvalue weighted by atomic mass is 35.5. The van der Waals surface area contributed by atoms with Crippen LogP contribution < -0.4 is 14.8 Å². The summed E-state index contributed by atoms with van der Waals surface area (Å²) >= 11 is 12.9. The average molecular weight is 567 g/mol. The van der Waals surface area contributed by atoms with Crippen molar-refractivity contribution >= 4 is 63.5 Å². The molecule has 0 unspecified atom stereocenters. The van der Waals surface area contributed by atoms with Gasteiger partial charge in [-0.3, -0.25) is 14.5 Å². The summed E-state index contributed by atoms with van der Waals surface area (Å²) in [5.41, 5.74) is 3.18. The molecule has 0 spiro atoms. The van der Waals surface area contributed by atoms with Gasteiger partial charge in [0.15, 0.2) is 18.1 Å². The highest BCUT2D eigenvalue weighted by Gasteiger charge is 2.35. The fourth-order valence-corrected chi connectivity index (χ4v) is 5.51. The molecule has 1 saturated heterocycles. The van der Waals surface area contributed by atoms with E-state index in [1.165, 1.54) is 11.8 Å². The zero-order valence-electron chi connectivity index (χ0n) is 21.2. The van der Waals surface area contributed by atoms with Gasteiger partial charge < -0.3 is 14.8 Å². The summed E-state index contributed by atoms with van der Waals surface area (Å²) in [6, 6.07) is 20.3. The quantitative estimate of drug-likeness (QED) is 0.222. The largest absolute Gasteiger partial charge is 0.490 e. The van der Waals surface area contributed by atoms with Crippen molar-refractivity contribution in [2.45, 2.75) is 26.8 Å². The van der Waals surface area contributed by atoms with Crippen molar-refractivity contribution in [2.75, 3.05) is 18.5 Å². The van der Waals surface area contributed by atoms with Crippen LogP contribution in [0.15, 0.2) is 71.6 Å². The molecule has 9 heteroatoms. The van der Waals surface area contributed by atoms with Crippen molar-refractivity contribution in [1.82, 2.24) is 4.90 Å². The van der Waals surface area contributed by atoms with Crippen LogP contribution in [0.5, 0.6) is 11.5 Å². The molecular weight excluding hydrogens is 540 g/mol. The van der Waals surface area contributed by atoms with Crippen molar-refractivity contribution in [2.24, 2.45) is 0 Å². The van der Waals surface area contributed by atoms with Gasteiger partial charge in [0.25, 0.3) is 11.8 Å². The Morgan fingerprint density at radius 1 is 1.11 bits per heavy atom. The third-order valence-corrected chi connectivity index (χ3v) is 7.70. The molecule has 1 atom stereocenters. The number of hydrogen-bond donors (Lipinski definition) is 1. The van der Waals surface area contributed by atoms with Crippen LogP contribution in [0.2, 0.25) is 5.02 Å². The van der Waals surface area contributed by atoms with E-state index in [1.54, 1.807) is 41.3 Å². The third-order valence-electron chi connectivity index (χ3n) is 5.96. The molecule has 0 bridgehead atoms. The topological polar surface area (TPSA) is 67.9 Å². The molecule has 1 aliphatic rings. The highest BCUT2D eigenvalue weighted by molar-refractivity contribution is 8.26. The van der Waals surface area contributed by atoms with Crippen molar-refractivity contribution < 1.29 is 19.1 Å². The van der Waals surface area contributed by atoms with Crippen LogP contribution in [-0.2, 0) is 9.59 Å². The Labute approximate surface area is 237 Å². The van der Waals surface area contributed by atoms with Gasteiger partial charge in [-0.2, -0.15) is 0 Å². The Balaban J connectivity index is 1.47. The number of anilines is 1. The minimum atomic E-state index is -0.321. The van der Waals surface area contributed by atoms with E-state index in [9.17, 15) is 9.59 Å². The summed E-state index contributed by atoms with van der Waals surface area (Å²) < 4.78 is 12.0. The predicted octanol–water partition coefficient (Wildman–Crippen LogP) is 7.03. The molecule has 196 valence electrons. The number of benzene rings is 3. The van der Waals surface area contributed by atoms with E-state index in [4.69, 9.17) is 33.3 Å². The number of carbonyl (C=O) groups excluding carboxylic acids is 2. The Hall–Kier alpha value is -3.33. The molecule has 1 N–H and O–H groups in total. The van der Waals surface area contributed by atoms with Crippen LogP contribution in [0.4, 0.5) is 5.69 Å². The van der Waals surface area contributed by atoms with Gasteiger partial charge in [-0.05, 0) is 67.8 Å². The van der Waals surface area contributed by atoms with Gasteiger partial charge in [0, 0.05) is 10.7 Å². The number of amides is 2. The van der Waals surface area contributed by atoms with E-state index in [1.807, 2.05) is 57.2 Å². The number of nitrogens with one attached hydrogen (secondary N) is 1. The zero-order valence-corrected chi connectivity index (χ0v) is 23.6. The maximum absolute atomic E-state index is 13.2. The molecule has 2 amide bonds. The van der Waals surface area contributed by atoms with Crippen LogP contribution in [0.3, 0.4) is 0 Å². The fourth-order valence-electron chi connectivity index (χ4n) is 3.92. The molecule has 1 heterocycles. The number of halogens is 1. The summed E-state index contributed by atoms with van der Waals surface area (Å²) in [6.45, 7) is 5.86. The number of thiocarbonyl (C=S) groups is 1. The first-order chi connectivity index (χ1) is 18.3. The summed E-state index contributed by atoms with van der Waals surface area (Å²) in [6.07, 6.45) is 1.79. The number of carbonyl (C=O) groups is 2. The van der Waals surface area contributed by atoms with Gasteiger partial charge in [0.2, 0.25) is 0 Å². The summed E-state index contributed by atoms with van der Waals surface area (Å²) in [5, 5.41) is 3.38. The minimum absolute atomic E-state index is 0.136. The molecule has 4 rings (SSSR count). The maximum atomic E-state index is 13.2. The Morgan fingerprint density at radius 2 is 1.87 bits per heavy atom. The molecule has 38 heavy (non-hydrogen) atoms. The second-order valence-electron chi connectivity index (χ2n) is 8.53. The van der Waals surface area contributed by atoms with E-state index in [-0.39, 0.29) is 24.5 Å². The number of thioether (sulfide) groups is 1. The second-order valence-corrected chi connectivity index (χ2v) is 10.6. The summed E-state index contributed by atoms with van der Waals surface area (Å²) in [7, 11) is 0. The monoisotopic (exact) mass is 566 g/mol.